The van der Waals surface area contributed by atoms with Gasteiger partial charge in [0.15, 0.2) is 5.82 Å². The second kappa shape index (κ2) is 5.34. The fraction of sp³-hybridized carbons (Fsp3) is 0.294. The minimum absolute atomic E-state index is 0.411. The van der Waals surface area contributed by atoms with Crippen LogP contribution in [0.4, 0.5) is 0 Å². The molecule has 0 aliphatic heterocycles. The van der Waals surface area contributed by atoms with Crippen molar-refractivity contribution in [2.45, 2.75) is 31.2 Å². The largest absolute Gasteiger partial charge is 0.333 e. The Morgan fingerprint density at radius 1 is 1.09 bits per heavy atom. The zero-order valence-corrected chi connectivity index (χ0v) is 13.0. The predicted molar refractivity (Wildman–Crippen MR) is 87.4 cm³/mol. The second-order valence-electron chi connectivity index (χ2n) is 5.82. The van der Waals surface area contributed by atoms with Crippen molar-refractivity contribution in [3.8, 4) is 21.9 Å². The molecule has 1 fully saturated rings. The van der Waals surface area contributed by atoms with Crippen molar-refractivity contribution in [3.05, 3.63) is 47.6 Å². The number of nitrogens with zero attached hydrogens (tertiary/aromatic N) is 2. The second-order valence-corrected chi connectivity index (χ2v) is 6.73. The van der Waals surface area contributed by atoms with E-state index in [1.807, 2.05) is 18.2 Å². The smallest absolute Gasteiger partial charge is 0.268 e. The van der Waals surface area contributed by atoms with E-state index in [1.54, 1.807) is 11.3 Å². The molecule has 1 aliphatic carbocycles. The Labute approximate surface area is 133 Å². The molecule has 22 heavy (non-hydrogen) atoms. The fourth-order valence-corrected chi connectivity index (χ4v) is 3.90. The highest BCUT2D eigenvalue weighted by Gasteiger charge is 2.36. The molecule has 0 amide bonds. The standard InChI is InChI=1S/C17H17N3OS/c18-17(9-4-5-10-17)16-19-15(21-20-16)14-13(8-11-22-14)12-6-2-1-3-7-12/h1-3,6-8,11H,4-5,9-10,18H2. The van der Waals surface area contributed by atoms with E-state index in [4.69, 9.17) is 10.3 Å². The van der Waals surface area contributed by atoms with E-state index in [0.29, 0.717) is 11.7 Å². The molecule has 4 rings (SSSR count). The van der Waals surface area contributed by atoms with Crippen LogP contribution in [0.3, 0.4) is 0 Å². The van der Waals surface area contributed by atoms with E-state index in [1.165, 1.54) is 0 Å². The number of nitrogens with two attached hydrogens (primary N) is 1. The molecule has 3 aromatic rings. The molecule has 0 spiro atoms. The molecule has 0 atom stereocenters. The van der Waals surface area contributed by atoms with Crippen molar-refractivity contribution in [2.24, 2.45) is 5.73 Å². The summed E-state index contributed by atoms with van der Waals surface area (Å²) in [5.41, 5.74) is 8.28. The molecular weight excluding hydrogens is 294 g/mol. The average molecular weight is 311 g/mol. The van der Waals surface area contributed by atoms with Crippen molar-refractivity contribution in [3.63, 3.8) is 0 Å². The Bertz CT molecular complexity index is 772. The number of rotatable bonds is 3. The zero-order chi connectivity index (χ0) is 15.0. The van der Waals surface area contributed by atoms with Gasteiger partial charge in [0.2, 0.25) is 0 Å². The van der Waals surface area contributed by atoms with Crippen molar-refractivity contribution in [1.82, 2.24) is 10.1 Å². The Balaban J connectivity index is 1.72. The van der Waals surface area contributed by atoms with E-state index in [9.17, 15) is 0 Å². The Morgan fingerprint density at radius 2 is 1.86 bits per heavy atom. The summed E-state index contributed by atoms with van der Waals surface area (Å²) in [7, 11) is 0. The molecule has 2 heterocycles. The lowest BCUT2D eigenvalue weighted by molar-refractivity contribution is 0.373. The van der Waals surface area contributed by atoms with E-state index in [-0.39, 0.29) is 0 Å². The Hall–Kier alpha value is -1.98. The van der Waals surface area contributed by atoms with Crippen LogP contribution in [0, 0.1) is 0 Å². The van der Waals surface area contributed by atoms with Crippen LogP contribution in [0.5, 0.6) is 0 Å². The van der Waals surface area contributed by atoms with Crippen molar-refractivity contribution < 1.29 is 4.52 Å². The third-order valence-corrected chi connectivity index (χ3v) is 5.21. The molecule has 2 aromatic heterocycles. The zero-order valence-electron chi connectivity index (χ0n) is 12.2. The predicted octanol–water partition coefficient (Wildman–Crippen LogP) is 4.19. The summed E-state index contributed by atoms with van der Waals surface area (Å²) >= 11 is 1.62. The van der Waals surface area contributed by atoms with Gasteiger partial charge < -0.3 is 10.3 Å². The highest BCUT2D eigenvalue weighted by molar-refractivity contribution is 7.14. The van der Waals surface area contributed by atoms with Crippen LogP contribution in [0.2, 0.25) is 0 Å². The summed E-state index contributed by atoms with van der Waals surface area (Å²) in [6.45, 7) is 0. The molecule has 2 N–H and O–H groups in total. The van der Waals surface area contributed by atoms with Gasteiger partial charge in [-0.05, 0) is 29.9 Å². The summed E-state index contributed by atoms with van der Waals surface area (Å²) in [6.07, 6.45) is 4.13. The van der Waals surface area contributed by atoms with Gasteiger partial charge in [-0.2, -0.15) is 4.98 Å². The number of thiophene rings is 1. The van der Waals surface area contributed by atoms with Gasteiger partial charge in [-0.15, -0.1) is 11.3 Å². The lowest BCUT2D eigenvalue weighted by atomic mass is 9.99. The number of hydrogen-bond donors (Lipinski definition) is 1. The van der Waals surface area contributed by atoms with Gasteiger partial charge in [-0.1, -0.05) is 48.3 Å². The van der Waals surface area contributed by atoms with Crippen LogP contribution in [0.25, 0.3) is 21.9 Å². The molecule has 1 aliphatic rings. The third kappa shape index (κ3) is 2.26. The third-order valence-electron chi connectivity index (χ3n) is 4.31. The van der Waals surface area contributed by atoms with Crippen LogP contribution in [-0.4, -0.2) is 10.1 Å². The average Bonchev–Trinajstić information content (AvgIpc) is 3.28. The van der Waals surface area contributed by atoms with Crippen molar-refractivity contribution in [2.75, 3.05) is 0 Å². The van der Waals surface area contributed by atoms with Gasteiger partial charge in [0.1, 0.15) is 4.88 Å². The van der Waals surface area contributed by atoms with Crippen molar-refractivity contribution >= 4 is 11.3 Å². The van der Waals surface area contributed by atoms with E-state index in [2.05, 4.69) is 33.7 Å². The SMILES string of the molecule is NC1(c2noc(-c3sccc3-c3ccccc3)n2)CCCC1. The lowest BCUT2D eigenvalue weighted by Gasteiger charge is -2.17. The number of aromatic nitrogens is 2. The molecule has 4 nitrogen and oxygen atoms in total. The first-order valence-electron chi connectivity index (χ1n) is 7.53. The summed E-state index contributed by atoms with van der Waals surface area (Å²) in [6, 6.07) is 12.3. The quantitative estimate of drug-likeness (QED) is 0.787. The molecule has 0 saturated heterocycles. The van der Waals surface area contributed by atoms with Crippen LogP contribution >= 0.6 is 11.3 Å². The van der Waals surface area contributed by atoms with Gasteiger partial charge in [-0.25, -0.2) is 0 Å². The maximum atomic E-state index is 6.41. The van der Waals surface area contributed by atoms with Crippen LogP contribution in [0.1, 0.15) is 31.5 Å². The molecule has 5 heteroatoms. The molecule has 112 valence electrons. The normalized spacial score (nSPS) is 17.0. The highest BCUT2D eigenvalue weighted by atomic mass is 32.1. The first-order valence-corrected chi connectivity index (χ1v) is 8.41. The van der Waals surface area contributed by atoms with Crippen molar-refractivity contribution in [1.29, 1.82) is 0 Å². The van der Waals surface area contributed by atoms with Crippen LogP contribution in [0.15, 0.2) is 46.3 Å². The maximum Gasteiger partial charge on any atom is 0.268 e. The molecule has 1 aromatic carbocycles. The molecule has 1 saturated carbocycles. The Kier molecular flexibility index (Phi) is 3.32. The summed E-state index contributed by atoms with van der Waals surface area (Å²) < 4.78 is 5.52. The maximum absolute atomic E-state index is 6.41. The van der Waals surface area contributed by atoms with Gasteiger partial charge in [0, 0.05) is 5.56 Å². The minimum Gasteiger partial charge on any atom is -0.333 e. The number of hydrogen-bond acceptors (Lipinski definition) is 5. The highest BCUT2D eigenvalue weighted by Crippen LogP contribution is 2.39. The lowest BCUT2D eigenvalue weighted by Crippen LogP contribution is -2.34. The molecule has 0 bridgehead atoms. The Morgan fingerprint density at radius 3 is 2.64 bits per heavy atom. The number of benzene rings is 1. The summed E-state index contributed by atoms with van der Waals surface area (Å²) in [5.74, 6) is 1.22. The fourth-order valence-electron chi connectivity index (χ4n) is 3.07. The van der Waals surface area contributed by atoms with Gasteiger partial charge in [-0.3, -0.25) is 0 Å². The van der Waals surface area contributed by atoms with E-state index >= 15 is 0 Å². The topological polar surface area (TPSA) is 64.9 Å². The van der Waals surface area contributed by atoms with Gasteiger partial charge >= 0.3 is 0 Å². The van der Waals surface area contributed by atoms with E-state index < -0.39 is 5.54 Å². The van der Waals surface area contributed by atoms with Crippen LogP contribution < -0.4 is 5.73 Å². The van der Waals surface area contributed by atoms with Crippen LogP contribution in [-0.2, 0) is 5.54 Å². The molecule has 0 radical (unpaired) electrons. The monoisotopic (exact) mass is 311 g/mol. The molecule has 0 unspecified atom stereocenters. The first kappa shape index (κ1) is 13.7. The summed E-state index contributed by atoms with van der Waals surface area (Å²) in [5, 5.41) is 6.21. The minimum atomic E-state index is -0.411. The molecular formula is C17H17N3OS. The van der Waals surface area contributed by atoms with E-state index in [0.717, 1.165) is 41.7 Å². The summed E-state index contributed by atoms with van der Waals surface area (Å²) in [4.78, 5) is 5.61. The van der Waals surface area contributed by atoms with Gasteiger partial charge in [0.05, 0.1) is 5.54 Å². The van der Waals surface area contributed by atoms with Gasteiger partial charge in [0.25, 0.3) is 5.89 Å². The first-order chi connectivity index (χ1) is 10.8.